The third kappa shape index (κ3) is 3.33. The molecule has 0 saturated heterocycles. The Morgan fingerprint density at radius 3 is 2.88 bits per heavy atom. The topological polar surface area (TPSA) is 45.1 Å². The molecule has 5 nitrogen and oxygen atoms in total. The van der Waals surface area contributed by atoms with Crippen molar-refractivity contribution in [3.05, 3.63) is 29.3 Å². The van der Waals surface area contributed by atoms with Gasteiger partial charge in [0.1, 0.15) is 18.8 Å². The van der Waals surface area contributed by atoms with E-state index in [4.69, 9.17) is 11.2 Å². The lowest BCUT2D eigenvalue weighted by atomic mass is 10.1. The van der Waals surface area contributed by atoms with Gasteiger partial charge >= 0.3 is 0 Å². The fourth-order valence-corrected chi connectivity index (χ4v) is 1.34. The second-order valence-electron chi connectivity index (χ2n) is 3.93. The van der Waals surface area contributed by atoms with E-state index in [1.54, 1.807) is 9.80 Å². The third-order valence-electron chi connectivity index (χ3n) is 2.74. The molecule has 0 spiro atoms. The number of hydrogen-bond donors (Lipinski definition) is 0. The van der Waals surface area contributed by atoms with Crippen molar-refractivity contribution in [1.29, 1.82) is 0 Å². The van der Waals surface area contributed by atoms with E-state index < -0.39 is 0 Å². The second kappa shape index (κ2) is 6.06. The summed E-state index contributed by atoms with van der Waals surface area (Å²) < 4.78 is 5.62. The number of hydrogen-bond acceptors (Lipinski definition) is 5. The van der Waals surface area contributed by atoms with E-state index >= 15 is 0 Å². The Morgan fingerprint density at radius 1 is 1.59 bits per heavy atom. The zero-order valence-electron chi connectivity index (χ0n) is 10.3. The molecule has 0 aliphatic carbocycles. The van der Waals surface area contributed by atoms with Crippen LogP contribution in [0.4, 0.5) is 0 Å². The van der Waals surface area contributed by atoms with Gasteiger partial charge in [0.25, 0.3) is 0 Å². The maximum absolute atomic E-state index is 10.3. The van der Waals surface area contributed by atoms with Gasteiger partial charge in [-0.05, 0) is 19.0 Å². The van der Waals surface area contributed by atoms with Crippen LogP contribution in [0.25, 0.3) is 0 Å². The van der Waals surface area contributed by atoms with Crippen LogP contribution in [0.15, 0.2) is 29.6 Å². The minimum Gasteiger partial charge on any atom is -0.357 e. The van der Waals surface area contributed by atoms with Crippen molar-refractivity contribution in [3.8, 4) is 12.3 Å². The number of terminal acetylenes is 1. The smallest absolute Gasteiger partial charge is 0.136 e. The Bertz CT molecular complexity index is 370. The minimum atomic E-state index is -0.0373. The van der Waals surface area contributed by atoms with Crippen LogP contribution in [0, 0.1) is 23.2 Å². The molecule has 2 atom stereocenters. The minimum absolute atomic E-state index is 0.0373. The molecule has 2 unspecified atom stereocenters. The van der Waals surface area contributed by atoms with Gasteiger partial charge in [0, 0.05) is 25.4 Å². The van der Waals surface area contributed by atoms with E-state index in [1.807, 2.05) is 33.3 Å². The molecule has 0 bridgehead atoms. The normalized spacial score (nSPS) is 20.5. The van der Waals surface area contributed by atoms with Crippen molar-refractivity contribution in [1.82, 2.24) is 9.80 Å². The van der Waals surface area contributed by atoms with Gasteiger partial charge in [-0.25, -0.2) is 0 Å². The average molecular weight is 235 g/mol. The average Bonchev–Trinajstić information content (AvgIpc) is 2.67. The standard InChI is InChI=1S/C12H17N3O2/c1-5-10(2)11(3)17-9-15-7-6-14(4)12(15)8-13-16/h1,6-8,10-11H,9H2,2-4H3/b12-8+. The molecule has 1 rings (SSSR count). The first-order chi connectivity index (χ1) is 8.10. The fraction of sp³-hybridized carbons (Fsp3) is 0.500. The molecule has 1 heterocycles. The van der Waals surface area contributed by atoms with Crippen LogP contribution >= 0.6 is 0 Å². The molecule has 1 aliphatic heterocycles. The van der Waals surface area contributed by atoms with Gasteiger partial charge < -0.3 is 14.5 Å². The van der Waals surface area contributed by atoms with Gasteiger partial charge in [-0.15, -0.1) is 17.3 Å². The SMILES string of the molecule is C#CC(C)C(C)OCN1C=CN(C)/C1=C\N=O. The highest BCUT2D eigenvalue weighted by Gasteiger charge is 2.18. The van der Waals surface area contributed by atoms with Crippen LogP contribution in [-0.2, 0) is 4.74 Å². The lowest BCUT2D eigenvalue weighted by molar-refractivity contribution is -0.00200. The lowest BCUT2D eigenvalue weighted by Gasteiger charge is -2.24. The summed E-state index contributed by atoms with van der Waals surface area (Å²) in [6.45, 7) is 4.20. The van der Waals surface area contributed by atoms with Crippen LogP contribution in [0.1, 0.15) is 13.8 Å². The number of nitrogens with zero attached hydrogens (tertiary/aromatic N) is 3. The second-order valence-corrected chi connectivity index (χ2v) is 3.93. The zero-order valence-corrected chi connectivity index (χ0v) is 10.3. The summed E-state index contributed by atoms with van der Waals surface area (Å²) in [6, 6.07) is 0. The van der Waals surface area contributed by atoms with E-state index in [1.165, 1.54) is 6.20 Å². The van der Waals surface area contributed by atoms with Crippen molar-refractivity contribution >= 4 is 0 Å². The lowest BCUT2D eigenvalue weighted by Crippen LogP contribution is -2.27. The van der Waals surface area contributed by atoms with Crippen molar-refractivity contribution < 1.29 is 4.74 Å². The first-order valence-electron chi connectivity index (χ1n) is 5.38. The fourth-order valence-electron chi connectivity index (χ4n) is 1.34. The van der Waals surface area contributed by atoms with Crippen molar-refractivity contribution in [2.24, 2.45) is 11.1 Å². The predicted molar refractivity (Wildman–Crippen MR) is 66.0 cm³/mol. The summed E-state index contributed by atoms with van der Waals surface area (Å²) in [5, 5.41) is 2.77. The predicted octanol–water partition coefficient (Wildman–Crippen LogP) is 1.90. The Hall–Kier alpha value is -1.80. The first kappa shape index (κ1) is 13.3. The summed E-state index contributed by atoms with van der Waals surface area (Å²) >= 11 is 0. The van der Waals surface area contributed by atoms with E-state index in [0.29, 0.717) is 12.6 Å². The zero-order chi connectivity index (χ0) is 12.8. The monoisotopic (exact) mass is 235 g/mol. The van der Waals surface area contributed by atoms with Crippen molar-refractivity contribution in [2.75, 3.05) is 13.8 Å². The maximum atomic E-state index is 10.3. The summed E-state index contributed by atoms with van der Waals surface area (Å²) in [7, 11) is 1.83. The van der Waals surface area contributed by atoms with Crippen LogP contribution in [0.2, 0.25) is 0 Å². The molecule has 92 valence electrons. The molecule has 0 saturated carbocycles. The van der Waals surface area contributed by atoms with Crippen LogP contribution in [0.5, 0.6) is 0 Å². The Morgan fingerprint density at radius 2 is 2.29 bits per heavy atom. The summed E-state index contributed by atoms with van der Waals surface area (Å²) in [6.07, 6.45) is 10.2. The number of nitroso groups, excluding NO2 is 1. The van der Waals surface area contributed by atoms with Gasteiger partial charge in [0.2, 0.25) is 0 Å². The van der Waals surface area contributed by atoms with E-state index in [9.17, 15) is 4.91 Å². The van der Waals surface area contributed by atoms with Crippen molar-refractivity contribution in [3.63, 3.8) is 0 Å². The molecule has 0 aromatic heterocycles. The molecule has 0 aromatic carbocycles. The molecule has 17 heavy (non-hydrogen) atoms. The molecule has 0 N–H and O–H groups in total. The van der Waals surface area contributed by atoms with Crippen LogP contribution < -0.4 is 0 Å². The van der Waals surface area contributed by atoms with Gasteiger partial charge in [-0.3, -0.25) is 0 Å². The molecule has 0 aromatic rings. The van der Waals surface area contributed by atoms with E-state index in [2.05, 4.69) is 11.1 Å². The number of rotatable bonds is 5. The molecule has 1 aliphatic rings. The Labute approximate surface area is 102 Å². The largest absolute Gasteiger partial charge is 0.357 e. The highest BCUT2D eigenvalue weighted by Crippen LogP contribution is 2.18. The highest BCUT2D eigenvalue weighted by molar-refractivity contribution is 5.12. The molecule has 0 amide bonds. The van der Waals surface area contributed by atoms with Gasteiger partial charge in [0.05, 0.1) is 6.10 Å². The molecular weight excluding hydrogens is 218 g/mol. The maximum Gasteiger partial charge on any atom is 0.136 e. The van der Waals surface area contributed by atoms with E-state index in [0.717, 1.165) is 0 Å². The molecule has 0 fully saturated rings. The third-order valence-corrected chi connectivity index (χ3v) is 2.74. The first-order valence-corrected chi connectivity index (χ1v) is 5.38. The van der Waals surface area contributed by atoms with Gasteiger partial charge in [-0.1, -0.05) is 0 Å². The van der Waals surface area contributed by atoms with E-state index in [-0.39, 0.29) is 12.0 Å². The van der Waals surface area contributed by atoms with Gasteiger partial charge in [0.15, 0.2) is 0 Å². The summed E-state index contributed by atoms with van der Waals surface area (Å²) in [5.41, 5.74) is 0. The van der Waals surface area contributed by atoms with Crippen molar-refractivity contribution in [2.45, 2.75) is 20.0 Å². The molecule has 5 heteroatoms. The van der Waals surface area contributed by atoms with Crippen LogP contribution in [0.3, 0.4) is 0 Å². The Kier molecular flexibility index (Phi) is 4.73. The summed E-state index contributed by atoms with van der Waals surface area (Å²) in [4.78, 5) is 13.9. The molecule has 0 radical (unpaired) electrons. The van der Waals surface area contributed by atoms with Crippen LogP contribution in [-0.4, -0.2) is 29.7 Å². The highest BCUT2D eigenvalue weighted by atomic mass is 16.5. The molecular formula is C12H17N3O2. The quantitative estimate of drug-likeness (QED) is 0.539. The van der Waals surface area contributed by atoms with Gasteiger partial charge in [-0.2, -0.15) is 0 Å². The number of ether oxygens (including phenoxy) is 1. The Balaban J connectivity index is 2.53. The summed E-state index contributed by atoms with van der Waals surface area (Å²) in [5.74, 6) is 3.36.